The van der Waals surface area contributed by atoms with Gasteiger partial charge in [-0.3, -0.25) is 15.1 Å². The first-order valence-electron chi connectivity index (χ1n) is 7.12. The highest BCUT2D eigenvalue weighted by atomic mass is 32.2. The van der Waals surface area contributed by atoms with E-state index in [9.17, 15) is 10.1 Å². The molecule has 0 spiro atoms. The van der Waals surface area contributed by atoms with Crippen molar-refractivity contribution in [3.8, 4) is 5.75 Å². The Labute approximate surface area is 134 Å². The number of ether oxygens (including phenoxy) is 1. The first-order chi connectivity index (χ1) is 10.7. The van der Waals surface area contributed by atoms with Gasteiger partial charge in [0.05, 0.1) is 28.8 Å². The first kappa shape index (κ1) is 18.2. The molecule has 122 valence electrons. The third-order valence-corrected chi connectivity index (χ3v) is 3.79. The lowest BCUT2D eigenvalue weighted by atomic mass is 10.3. The molecule has 0 amide bonds. The summed E-state index contributed by atoms with van der Waals surface area (Å²) >= 11 is 1.68. The minimum atomic E-state index is -0.495. The number of likely N-dealkylation sites (N-methyl/N-ethyl adjacent to an activating group) is 1. The van der Waals surface area contributed by atoms with Gasteiger partial charge in [-0.25, -0.2) is 0 Å². The van der Waals surface area contributed by atoms with Gasteiger partial charge in [0.1, 0.15) is 5.75 Å². The Morgan fingerprint density at radius 2 is 2.36 bits per heavy atom. The van der Waals surface area contributed by atoms with E-state index in [1.54, 1.807) is 18.0 Å². The van der Waals surface area contributed by atoms with Crippen LogP contribution in [0.15, 0.2) is 30.7 Å². The fourth-order valence-corrected chi connectivity index (χ4v) is 2.78. The van der Waals surface area contributed by atoms with E-state index in [1.165, 1.54) is 6.20 Å². The number of nitro groups is 1. The topological polar surface area (TPSA) is 89.3 Å². The van der Waals surface area contributed by atoms with Crippen LogP contribution in [0.5, 0.6) is 5.75 Å². The molecule has 0 saturated heterocycles. The Hall–Kier alpha value is -1.80. The quantitative estimate of drug-likeness (QED) is 0.365. The van der Waals surface area contributed by atoms with Crippen LogP contribution in [0, 0.1) is 10.1 Å². The molecule has 7 nitrogen and oxygen atoms in total. The second-order valence-electron chi connectivity index (χ2n) is 4.25. The van der Waals surface area contributed by atoms with Gasteiger partial charge in [0.2, 0.25) is 6.20 Å². The summed E-state index contributed by atoms with van der Waals surface area (Å²) in [6.45, 7) is 5.97. The zero-order valence-electron chi connectivity index (χ0n) is 12.8. The molecule has 0 fully saturated rings. The molecule has 1 aromatic heterocycles. The predicted molar refractivity (Wildman–Crippen MR) is 88.3 cm³/mol. The summed E-state index contributed by atoms with van der Waals surface area (Å²) in [5.74, 6) is 1.50. The lowest BCUT2D eigenvalue weighted by Gasteiger charge is -2.17. The molecule has 1 unspecified atom stereocenters. The second kappa shape index (κ2) is 10.9. The van der Waals surface area contributed by atoms with Gasteiger partial charge in [0.15, 0.2) is 0 Å². The van der Waals surface area contributed by atoms with Crippen molar-refractivity contribution in [3.05, 3.63) is 46.5 Å². The van der Waals surface area contributed by atoms with Gasteiger partial charge >= 0.3 is 0 Å². The standard InChI is InChI=1S/C14H22N4O3S/c1-3-16-14(10-15-8-9-18(19)20)22-11-12-13(21-4-2)6-5-7-17-12/h5-9,14-16H,3-4,10-11H2,1-2H3. The highest BCUT2D eigenvalue weighted by Crippen LogP contribution is 2.22. The minimum Gasteiger partial charge on any atom is -0.492 e. The molecule has 2 N–H and O–H groups in total. The van der Waals surface area contributed by atoms with E-state index >= 15 is 0 Å². The van der Waals surface area contributed by atoms with E-state index in [0.29, 0.717) is 18.9 Å². The van der Waals surface area contributed by atoms with Crippen molar-refractivity contribution in [2.75, 3.05) is 19.7 Å². The van der Waals surface area contributed by atoms with Crippen LogP contribution >= 0.6 is 11.8 Å². The van der Waals surface area contributed by atoms with Crippen LogP contribution in [-0.2, 0) is 5.75 Å². The van der Waals surface area contributed by atoms with Crippen molar-refractivity contribution in [1.29, 1.82) is 0 Å². The van der Waals surface area contributed by atoms with E-state index in [-0.39, 0.29) is 5.37 Å². The van der Waals surface area contributed by atoms with Crippen LogP contribution in [0.4, 0.5) is 0 Å². The van der Waals surface area contributed by atoms with Gasteiger partial charge in [0.25, 0.3) is 0 Å². The lowest BCUT2D eigenvalue weighted by molar-refractivity contribution is -0.402. The number of hydrogen-bond acceptors (Lipinski definition) is 7. The van der Waals surface area contributed by atoms with E-state index in [1.807, 2.05) is 26.0 Å². The van der Waals surface area contributed by atoms with Crippen LogP contribution in [0.1, 0.15) is 19.5 Å². The summed E-state index contributed by atoms with van der Waals surface area (Å²) < 4.78 is 5.56. The molecular formula is C14H22N4O3S. The van der Waals surface area contributed by atoms with Crippen LogP contribution < -0.4 is 15.4 Å². The SMILES string of the molecule is CCNC(CNC=C[N+](=O)[O-])SCc1ncccc1OCC. The van der Waals surface area contributed by atoms with Gasteiger partial charge in [-0.1, -0.05) is 6.92 Å². The zero-order chi connectivity index (χ0) is 16.2. The monoisotopic (exact) mass is 326 g/mol. The van der Waals surface area contributed by atoms with Crippen LogP contribution in [-0.4, -0.2) is 35.0 Å². The molecule has 1 heterocycles. The van der Waals surface area contributed by atoms with E-state index in [0.717, 1.165) is 24.2 Å². The molecule has 0 saturated carbocycles. The molecule has 1 rings (SSSR count). The highest BCUT2D eigenvalue weighted by molar-refractivity contribution is 7.99. The van der Waals surface area contributed by atoms with E-state index in [2.05, 4.69) is 15.6 Å². The van der Waals surface area contributed by atoms with Crippen molar-refractivity contribution in [3.63, 3.8) is 0 Å². The predicted octanol–water partition coefficient (Wildman–Crippen LogP) is 1.99. The average molecular weight is 326 g/mol. The van der Waals surface area contributed by atoms with Crippen molar-refractivity contribution < 1.29 is 9.66 Å². The van der Waals surface area contributed by atoms with Crippen molar-refractivity contribution in [1.82, 2.24) is 15.6 Å². The summed E-state index contributed by atoms with van der Waals surface area (Å²) in [5.41, 5.74) is 0.901. The summed E-state index contributed by atoms with van der Waals surface area (Å²) in [6.07, 6.45) is 3.98. The largest absolute Gasteiger partial charge is 0.492 e. The van der Waals surface area contributed by atoms with Crippen molar-refractivity contribution in [2.24, 2.45) is 0 Å². The Balaban J connectivity index is 2.51. The van der Waals surface area contributed by atoms with Crippen LogP contribution in [0.3, 0.4) is 0 Å². The van der Waals surface area contributed by atoms with Gasteiger partial charge in [-0.05, 0) is 25.6 Å². The third-order valence-electron chi connectivity index (χ3n) is 2.62. The number of nitrogens with zero attached hydrogens (tertiary/aromatic N) is 2. The number of nitrogens with one attached hydrogen (secondary N) is 2. The maximum Gasteiger partial charge on any atom is 0.249 e. The average Bonchev–Trinajstić information content (AvgIpc) is 2.50. The summed E-state index contributed by atoms with van der Waals surface area (Å²) in [4.78, 5) is 14.1. The Morgan fingerprint density at radius 3 is 3.05 bits per heavy atom. The highest BCUT2D eigenvalue weighted by Gasteiger charge is 2.10. The normalized spacial score (nSPS) is 12.3. The first-order valence-corrected chi connectivity index (χ1v) is 8.17. The van der Waals surface area contributed by atoms with Gasteiger partial charge in [-0.2, -0.15) is 0 Å². The lowest BCUT2D eigenvalue weighted by Crippen LogP contribution is -2.34. The fraction of sp³-hybridized carbons (Fsp3) is 0.500. The molecule has 0 aromatic carbocycles. The summed E-state index contributed by atoms with van der Waals surface area (Å²) in [6, 6.07) is 3.76. The molecule has 0 aliphatic carbocycles. The molecule has 1 aromatic rings. The van der Waals surface area contributed by atoms with Crippen LogP contribution in [0.2, 0.25) is 0 Å². The Kier molecular flexibility index (Phi) is 9.01. The van der Waals surface area contributed by atoms with Gasteiger partial charge in [-0.15, -0.1) is 11.8 Å². The molecule has 0 aliphatic rings. The maximum absolute atomic E-state index is 10.2. The molecule has 0 aliphatic heterocycles. The molecule has 22 heavy (non-hydrogen) atoms. The number of thioether (sulfide) groups is 1. The van der Waals surface area contributed by atoms with E-state index in [4.69, 9.17) is 4.74 Å². The Morgan fingerprint density at radius 1 is 1.55 bits per heavy atom. The smallest absolute Gasteiger partial charge is 0.249 e. The van der Waals surface area contributed by atoms with E-state index < -0.39 is 4.92 Å². The summed E-state index contributed by atoms with van der Waals surface area (Å²) in [7, 11) is 0. The second-order valence-corrected chi connectivity index (χ2v) is 5.44. The van der Waals surface area contributed by atoms with Crippen molar-refractivity contribution in [2.45, 2.75) is 25.0 Å². The molecule has 8 heteroatoms. The number of aromatic nitrogens is 1. The molecular weight excluding hydrogens is 304 g/mol. The fourth-order valence-electron chi connectivity index (χ4n) is 1.70. The van der Waals surface area contributed by atoms with Crippen molar-refractivity contribution >= 4 is 11.8 Å². The Bertz CT molecular complexity index is 485. The van der Waals surface area contributed by atoms with Gasteiger partial charge in [0, 0.05) is 18.5 Å². The minimum absolute atomic E-state index is 0.123. The zero-order valence-corrected chi connectivity index (χ0v) is 13.6. The third kappa shape index (κ3) is 7.28. The van der Waals surface area contributed by atoms with Crippen LogP contribution in [0.25, 0.3) is 0 Å². The molecule has 0 radical (unpaired) electrons. The summed E-state index contributed by atoms with van der Waals surface area (Å²) in [5, 5.41) is 16.6. The number of rotatable bonds is 11. The molecule has 1 atom stereocenters. The number of pyridine rings is 1. The maximum atomic E-state index is 10.2. The number of hydrogen-bond donors (Lipinski definition) is 2. The molecule has 0 bridgehead atoms. The van der Waals surface area contributed by atoms with Gasteiger partial charge < -0.3 is 15.4 Å².